The van der Waals surface area contributed by atoms with E-state index in [0.29, 0.717) is 17.8 Å². The summed E-state index contributed by atoms with van der Waals surface area (Å²) in [6.45, 7) is 2.03. The van der Waals surface area contributed by atoms with Crippen LogP contribution in [0.5, 0.6) is 0 Å². The van der Waals surface area contributed by atoms with Crippen LogP contribution >= 0.6 is 11.6 Å². The molecule has 2 aromatic carbocycles. The van der Waals surface area contributed by atoms with E-state index in [1.165, 1.54) is 0 Å². The number of hydrogen-bond donors (Lipinski definition) is 2. The number of carbonyl (C=O) groups excluding carboxylic acids is 2. The summed E-state index contributed by atoms with van der Waals surface area (Å²) in [5, 5.41) is 4.97. The summed E-state index contributed by atoms with van der Waals surface area (Å²) >= 11 is 5.78. The molecule has 2 amide bonds. The highest BCUT2D eigenvalue weighted by Gasteiger charge is 2.16. The predicted octanol–water partition coefficient (Wildman–Crippen LogP) is 3.25. The standard InChI is InChI=1S/C19H22ClN3O2/c1-13(20)18(24)22-15-9-10-17(23(2)3)16(11-15)19(25)21-12-14-7-5-4-6-8-14/h4-11,13H,12H2,1-3H3,(H,21,25)(H,22,24). The predicted molar refractivity (Wildman–Crippen MR) is 102 cm³/mol. The highest BCUT2D eigenvalue weighted by molar-refractivity contribution is 6.32. The van der Waals surface area contributed by atoms with Crippen molar-refractivity contribution in [2.75, 3.05) is 24.3 Å². The van der Waals surface area contributed by atoms with E-state index in [4.69, 9.17) is 11.6 Å². The van der Waals surface area contributed by atoms with Gasteiger partial charge >= 0.3 is 0 Å². The smallest absolute Gasteiger partial charge is 0.253 e. The topological polar surface area (TPSA) is 61.4 Å². The van der Waals surface area contributed by atoms with Gasteiger partial charge in [-0.15, -0.1) is 11.6 Å². The van der Waals surface area contributed by atoms with Gasteiger partial charge in [-0.05, 0) is 30.7 Å². The average Bonchev–Trinajstić information content (AvgIpc) is 2.60. The van der Waals surface area contributed by atoms with Crippen molar-refractivity contribution >= 4 is 34.8 Å². The summed E-state index contributed by atoms with van der Waals surface area (Å²) < 4.78 is 0. The molecule has 0 aliphatic rings. The molecule has 5 nitrogen and oxygen atoms in total. The van der Waals surface area contributed by atoms with Crippen LogP contribution < -0.4 is 15.5 Å². The second-order valence-electron chi connectivity index (χ2n) is 5.90. The number of nitrogens with zero attached hydrogens (tertiary/aromatic N) is 1. The fourth-order valence-electron chi connectivity index (χ4n) is 2.30. The number of rotatable bonds is 6. The number of hydrogen-bond acceptors (Lipinski definition) is 3. The van der Waals surface area contributed by atoms with E-state index in [0.717, 1.165) is 11.3 Å². The third-order valence-corrected chi connectivity index (χ3v) is 3.85. The molecule has 0 aliphatic carbocycles. The SMILES string of the molecule is CC(Cl)C(=O)Nc1ccc(N(C)C)c(C(=O)NCc2ccccc2)c1. The number of nitrogens with one attached hydrogen (secondary N) is 2. The van der Waals surface area contributed by atoms with E-state index in [-0.39, 0.29) is 11.8 Å². The van der Waals surface area contributed by atoms with Gasteiger partial charge < -0.3 is 15.5 Å². The average molecular weight is 360 g/mol. The van der Waals surface area contributed by atoms with Crippen molar-refractivity contribution in [2.24, 2.45) is 0 Å². The molecule has 0 heterocycles. The molecule has 0 spiro atoms. The lowest BCUT2D eigenvalue weighted by Crippen LogP contribution is -2.26. The van der Waals surface area contributed by atoms with Crippen LogP contribution in [0.1, 0.15) is 22.8 Å². The van der Waals surface area contributed by atoms with Crippen molar-refractivity contribution in [2.45, 2.75) is 18.8 Å². The maximum atomic E-state index is 12.6. The zero-order chi connectivity index (χ0) is 18.4. The van der Waals surface area contributed by atoms with Gasteiger partial charge in [0.25, 0.3) is 5.91 Å². The Hall–Kier alpha value is -2.53. The molecule has 2 rings (SSSR count). The summed E-state index contributed by atoms with van der Waals surface area (Å²) in [5.41, 5.74) is 2.80. The lowest BCUT2D eigenvalue weighted by molar-refractivity contribution is -0.115. The van der Waals surface area contributed by atoms with Crippen LogP contribution in [0.15, 0.2) is 48.5 Å². The molecule has 0 radical (unpaired) electrons. The maximum Gasteiger partial charge on any atom is 0.253 e. The Balaban J connectivity index is 2.20. The third kappa shape index (κ3) is 5.22. The Bertz CT molecular complexity index is 746. The molecule has 25 heavy (non-hydrogen) atoms. The molecular formula is C19H22ClN3O2. The van der Waals surface area contributed by atoms with Crippen molar-refractivity contribution < 1.29 is 9.59 Å². The molecule has 132 valence electrons. The van der Waals surface area contributed by atoms with Crippen molar-refractivity contribution in [1.29, 1.82) is 0 Å². The van der Waals surface area contributed by atoms with Gasteiger partial charge in [-0.2, -0.15) is 0 Å². The van der Waals surface area contributed by atoms with Crippen molar-refractivity contribution in [1.82, 2.24) is 5.32 Å². The summed E-state index contributed by atoms with van der Waals surface area (Å²) in [6.07, 6.45) is 0. The molecule has 6 heteroatoms. The fourth-order valence-corrected chi connectivity index (χ4v) is 2.36. The first-order chi connectivity index (χ1) is 11.9. The van der Waals surface area contributed by atoms with E-state index < -0.39 is 5.38 Å². The van der Waals surface area contributed by atoms with Gasteiger partial charge in [0.05, 0.1) is 5.56 Å². The van der Waals surface area contributed by atoms with E-state index in [2.05, 4.69) is 10.6 Å². The largest absolute Gasteiger partial charge is 0.377 e. The molecule has 0 saturated carbocycles. The Morgan fingerprint density at radius 3 is 2.40 bits per heavy atom. The van der Waals surface area contributed by atoms with Crippen LogP contribution in [0.4, 0.5) is 11.4 Å². The number of alkyl halides is 1. The summed E-state index contributed by atoms with van der Waals surface area (Å²) in [7, 11) is 3.73. The molecule has 1 atom stereocenters. The van der Waals surface area contributed by atoms with E-state index in [1.807, 2.05) is 49.3 Å². The fraction of sp³-hybridized carbons (Fsp3) is 0.263. The minimum Gasteiger partial charge on any atom is -0.377 e. The molecule has 0 saturated heterocycles. The first-order valence-corrected chi connectivity index (χ1v) is 8.40. The molecule has 1 unspecified atom stereocenters. The first-order valence-electron chi connectivity index (χ1n) is 7.97. The van der Waals surface area contributed by atoms with Gasteiger partial charge in [0.2, 0.25) is 5.91 Å². The molecule has 2 aromatic rings. The number of halogens is 1. The minimum atomic E-state index is -0.649. The Kier molecular flexibility index (Phi) is 6.42. The highest BCUT2D eigenvalue weighted by atomic mass is 35.5. The maximum absolute atomic E-state index is 12.6. The molecule has 0 aromatic heterocycles. The third-order valence-electron chi connectivity index (χ3n) is 3.65. The van der Waals surface area contributed by atoms with Crippen molar-refractivity contribution in [3.05, 3.63) is 59.7 Å². The first kappa shape index (κ1) is 18.8. The zero-order valence-corrected chi connectivity index (χ0v) is 15.3. The second kappa shape index (κ2) is 8.53. The Morgan fingerprint density at radius 1 is 1.12 bits per heavy atom. The van der Waals surface area contributed by atoms with E-state index >= 15 is 0 Å². The highest BCUT2D eigenvalue weighted by Crippen LogP contribution is 2.23. The van der Waals surface area contributed by atoms with E-state index in [1.54, 1.807) is 25.1 Å². The van der Waals surface area contributed by atoms with Gasteiger partial charge in [0.15, 0.2) is 0 Å². The second-order valence-corrected chi connectivity index (χ2v) is 6.55. The molecule has 0 aliphatic heterocycles. The molecular weight excluding hydrogens is 338 g/mol. The summed E-state index contributed by atoms with van der Waals surface area (Å²) in [4.78, 5) is 26.3. The van der Waals surface area contributed by atoms with Crippen LogP contribution in [0.3, 0.4) is 0 Å². The van der Waals surface area contributed by atoms with E-state index in [9.17, 15) is 9.59 Å². The van der Waals surface area contributed by atoms with Gasteiger partial charge in [0.1, 0.15) is 5.38 Å². The van der Waals surface area contributed by atoms with Crippen LogP contribution in [-0.2, 0) is 11.3 Å². The number of carbonyl (C=O) groups is 2. The summed E-state index contributed by atoms with van der Waals surface area (Å²) in [6, 6.07) is 14.9. The van der Waals surface area contributed by atoms with Gasteiger partial charge in [-0.25, -0.2) is 0 Å². The van der Waals surface area contributed by atoms with Gasteiger partial charge in [-0.1, -0.05) is 30.3 Å². The quantitative estimate of drug-likeness (QED) is 0.778. The normalized spacial score (nSPS) is 11.5. The Morgan fingerprint density at radius 2 is 1.80 bits per heavy atom. The lowest BCUT2D eigenvalue weighted by Gasteiger charge is -2.19. The molecule has 0 fully saturated rings. The van der Waals surface area contributed by atoms with Crippen LogP contribution in [0, 0.1) is 0 Å². The zero-order valence-electron chi connectivity index (χ0n) is 14.5. The minimum absolute atomic E-state index is 0.206. The number of benzene rings is 2. The van der Waals surface area contributed by atoms with Crippen LogP contribution in [-0.4, -0.2) is 31.3 Å². The monoisotopic (exact) mass is 359 g/mol. The summed E-state index contributed by atoms with van der Waals surface area (Å²) in [5.74, 6) is -0.516. The molecule has 2 N–H and O–H groups in total. The van der Waals surface area contributed by atoms with Crippen molar-refractivity contribution in [3.8, 4) is 0 Å². The number of amides is 2. The van der Waals surface area contributed by atoms with Gasteiger partial charge in [0, 0.05) is 32.0 Å². The van der Waals surface area contributed by atoms with Gasteiger partial charge in [-0.3, -0.25) is 9.59 Å². The van der Waals surface area contributed by atoms with Crippen molar-refractivity contribution in [3.63, 3.8) is 0 Å². The number of anilines is 2. The Labute approximate surface area is 153 Å². The van der Waals surface area contributed by atoms with Crippen LogP contribution in [0.25, 0.3) is 0 Å². The lowest BCUT2D eigenvalue weighted by atomic mass is 10.1. The molecule has 0 bridgehead atoms. The van der Waals surface area contributed by atoms with Crippen LogP contribution in [0.2, 0.25) is 0 Å².